The quantitative estimate of drug-likeness (QED) is 0.293. The van der Waals surface area contributed by atoms with Gasteiger partial charge in [0, 0.05) is 31.2 Å². The number of aromatic nitrogens is 2. The Hall–Kier alpha value is -1.05. The number of hydrazine groups is 1. The topological polar surface area (TPSA) is 79.1 Å². The van der Waals surface area contributed by atoms with Crippen molar-refractivity contribution in [1.29, 1.82) is 0 Å². The Kier molecular flexibility index (Phi) is 7.04. The van der Waals surface area contributed by atoms with Gasteiger partial charge >= 0.3 is 0 Å². The molecule has 0 atom stereocenters. The molecule has 0 fully saturated rings. The van der Waals surface area contributed by atoms with Crippen molar-refractivity contribution in [3.05, 3.63) is 6.07 Å². The van der Waals surface area contributed by atoms with Crippen LogP contribution in [0.4, 0.5) is 11.6 Å². The van der Waals surface area contributed by atoms with Gasteiger partial charge in [0.2, 0.25) is 0 Å². The summed E-state index contributed by atoms with van der Waals surface area (Å²) in [5.41, 5.74) is 2.56. The van der Waals surface area contributed by atoms with Crippen molar-refractivity contribution < 1.29 is 0 Å². The molecule has 1 heterocycles. The standard InChI is InChI=1S/C13H26N6S/c1-9(2)19(10(3)4)7-6-15-11-8-12(18-14)17-13(16-11)20-5/h8-10H,6-7,14H2,1-5H3,(H2,15,16,17,18). The van der Waals surface area contributed by atoms with Crippen LogP contribution in [0, 0.1) is 0 Å². The Balaban J connectivity index is 2.61. The first-order chi connectivity index (χ1) is 9.47. The minimum atomic E-state index is 0.533. The van der Waals surface area contributed by atoms with E-state index >= 15 is 0 Å². The van der Waals surface area contributed by atoms with Crippen LogP contribution in [0.15, 0.2) is 11.2 Å². The summed E-state index contributed by atoms with van der Waals surface area (Å²) in [6.45, 7) is 10.7. The summed E-state index contributed by atoms with van der Waals surface area (Å²) >= 11 is 1.49. The first-order valence-electron chi connectivity index (χ1n) is 6.87. The molecule has 0 aromatic carbocycles. The lowest BCUT2D eigenvalue weighted by Crippen LogP contribution is -2.40. The molecule has 20 heavy (non-hydrogen) atoms. The lowest BCUT2D eigenvalue weighted by atomic mass is 10.2. The highest BCUT2D eigenvalue weighted by atomic mass is 32.2. The number of rotatable bonds is 8. The van der Waals surface area contributed by atoms with Crippen LogP contribution in [0.1, 0.15) is 27.7 Å². The van der Waals surface area contributed by atoms with Gasteiger partial charge in [0.15, 0.2) is 5.16 Å². The molecule has 114 valence electrons. The lowest BCUT2D eigenvalue weighted by Gasteiger charge is -2.30. The lowest BCUT2D eigenvalue weighted by molar-refractivity contribution is 0.182. The van der Waals surface area contributed by atoms with Gasteiger partial charge in [-0.3, -0.25) is 4.90 Å². The van der Waals surface area contributed by atoms with Crippen LogP contribution >= 0.6 is 11.8 Å². The van der Waals surface area contributed by atoms with E-state index in [2.05, 4.69) is 53.3 Å². The molecule has 0 radical (unpaired) electrons. The molecule has 6 nitrogen and oxygen atoms in total. The van der Waals surface area contributed by atoms with Crippen molar-refractivity contribution in [3.63, 3.8) is 0 Å². The first-order valence-corrected chi connectivity index (χ1v) is 8.09. The van der Waals surface area contributed by atoms with E-state index in [4.69, 9.17) is 5.84 Å². The third-order valence-corrected chi connectivity index (χ3v) is 3.59. The fraction of sp³-hybridized carbons (Fsp3) is 0.692. The van der Waals surface area contributed by atoms with Crippen molar-refractivity contribution in [2.24, 2.45) is 5.84 Å². The Morgan fingerprint density at radius 2 is 1.80 bits per heavy atom. The summed E-state index contributed by atoms with van der Waals surface area (Å²) in [4.78, 5) is 11.1. The number of nitrogen functional groups attached to an aromatic ring is 1. The molecule has 0 aliphatic carbocycles. The summed E-state index contributed by atoms with van der Waals surface area (Å²) < 4.78 is 0. The highest BCUT2D eigenvalue weighted by Gasteiger charge is 2.12. The third kappa shape index (κ3) is 5.15. The largest absolute Gasteiger partial charge is 0.369 e. The summed E-state index contributed by atoms with van der Waals surface area (Å²) in [6.07, 6.45) is 1.94. The molecule has 0 amide bonds. The van der Waals surface area contributed by atoms with Gasteiger partial charge in [-0.2, -0.15) is 0 Å². The van der Waals surface area contributed by atoms with E-state index in [-0.39, 0.29) is 0 Å². The highest BCUT2D eigenvalue weighted by Crippen LogP contribution is 2.16. The monoisotopic (exact) mass is 298 g/mol. The molecule has 0 saturated heterocycles. The van der Waals surface area contributed by atoms with Crippen LogP contribution in [-0.4, -0.2) is 46.3 Å². The Morgan fingerprint density at radius 1 is 1.20 bits per heavy atom. The van der Waals surface area contributed by atoms with Gasteiger partial charge in [-0.05, 0) is 34.0 Å². The van der Waals surface area contributed by atoms with Crippen LogP contribution in [0.25, 0.3) is 0 Å². The minimum Gasteiger partial charge on any atom is -0.369 e. The first kappa shape index (κ1) is 17.0. The van der Waals surface area contributed by atoms with Crippen molar-refractivity contribution >= 4 is 23.4 Å². The van der Waals surface area contributed by atoms with E-state index in [1.165, 1.54) is 11.8 Å². The Labute approximate surface area is 125 Å². The SMILES string of the molecule is CSc1nc(NN)cc(NCCN(C(C)C)C(C)C)n1. The highest BCUT2D eigenvalue weighted by molar-refractivity contribution is 7.98. The molecule has 1 aromatic heterocycles. The maximum atomic E-state index is 5.41. The maximum absolute atomic E-state index is 5.41. The molecule has 0 spiro atoms. The van der Waals surface area contributed by atoms with Gasteiger partial charge in [0.25, 0.3) is 0 Å². The molecule has 1 rings (SSSR count). The molecule has 0 aliphatic rings. The van der Waals surface area contributed by atoms with Crippen LogP contribution in [0.5, 0.6) is 0 Å². The van der Waals surface area contributed by atoms with Gasteiger partial charge in [0.05, 0.1) is 0 Å². The normalized spacial score (nSPS) is 11.4. The van der Waals surface area contributed by atoms with E-state index in [0.29, 0.717) is 23.1 Å². The predicted molar refractivity (Wildman–Crippen MR) is 87.1 cm³/mol. The van der Waals surface area contributed by atoms with Crippen molar-refractivity contribution in [1.82, 2.24) is 14.9 Å². The van der Waals surface area contributed by atoms with Gasteiger partial charge in [-0.25, -0.2) is 15.8 Å². The third-order valence-electron chi connectivity index (χ3n) is 3.04. The fourth-order valence-corrected chi connectivity index (χ4v) is 2.49. The van der Waals surface area contributed by atoms with Crippen molar-refractivity contribution in [2.45, 2.75) is 44.9 Å². The van der Waals surface area contributed by atoms with E-state index < -0.39 is 0 Å². The molecule has 7 heteroatoms. The van der Waals surface area contributed by atoms with Gasteiger partial charge < -0.3 is 10.7 Å². The van der Waals surface area contributed by atoms with Crippen LogP contribution < -0.4 is 16.6 Å². The van der Waals surface area contributed by atoms with E-state index in [0.717, 1.165) is 18.9 Å². The second-order valence-electron chi connectivity index (χ2n) is 5.12. The summed E-state index contributed by atoms with van der Waals surface area (Å²) in [5.74, 6) is 6.83. The van der Waals surface area contributed by atoms with E-state index in [1.54, 1.807) is 0 Å². The van der Waals surface area contributed by atoms with Crippen molar-refractivity contribution in [2.75, 3.05) is 30.1 Å². The van der Waals surface area contributed by atoms with Gasteiger partial charge in [-0.1, -0.05) is 11.8 Å². The zero-order chi connectivity index (χ0) is 15.1. The van der Waals surface area contributed by atoms with Crippen molar-refractivity contribution in [3.8, 4) is 0 Å². The number of nitrogens with one attached hydrogen (secondary N) is 2. The predicted octanol–water partition coefficient (Wildman–Crippen LogP) is 2.01. The number of hydrogen-bond donors (Lipinski definition) is 3. The summed E-state index contributed by atoms with van der Waals surface area (Å²) in [7, 11) is 0. The van der Waals surface area contributed by atoms with Crippen LogP contribution in [0.3, 0.4) is 0 Å². The average molecular weight is 298 g/mol. The molecular formula is C13H26N6S. The molecule has 0 aliphatic heterocycles. The zero-order valence-electron chi connectivity index (χ0n) is 13.0. The number of thioether (sulfide) groups is 1. The molecule has 1 aromatic rings. The second-order valence-corrected chi connectivity index (χ2v) is 5.89. The number of anilines is 2. The zero-order valence-corrected chi connectivity index (χ0v) is 13.8. The smallest absolute Gasteiger partial charge is 0.191 e. The maximum Gasteiger partial charge on any atom is 0.191 e. The van der Waals surface area contributed by atoms with Gasteiger partial charge in [0.1, 0.15) is 11.6 Å². The molecule has 0 bridgehead atoms. The number of nitrogens with zero attached hydrogens (tertiary/aromatic N) is 3. The minimum absolute atomic E-state index is 0.533. The molecule has 4 N–H and O–H groups in total. The average Bonchev–Trinajstić information content (AvgIpc) is 2.42. The van der Waals surface area contributed by atoms with Crippen LogP contribution in [0.2, 0.25) is 0 Å². The summed E-state index contributed by atoms with van der Waals surface area (Å²) in [5, 5.41) is 4.03. The molecular weight excluding hydrogens is 272 g/mol. The number of hydrogen-bond acceptors (Lipinski definition) is 7. The Morgan fingerprint density at radius 3 is 2.30 bits per heavy atom. The second kappa shape index (κ2) is 8.28. The number of nitrogens with two attached hydrogens (primary N) is 1. The van der Waals surface area contributed by atoms with Crippen LogP contribution in [-0.2, 0) is 0 Å². The van der Waals surface area contributed by atoms with E-state index in [9.17, 15) is 0 Å². The van der Waals surface area contributed by atoms with Gasteiger partial charge in [-0.15, -0.1) is 0 Å². The Bertz CT molecular complexity index is 380. The fourth-order valence-electron chi connectivity index (χ4n) is 2.11. The molecule has 0 saturated carbocycles. The summed E-state index contributed by atoms with van der Waals surface area (Å²) in [6, 6.07) is 2.88. The van der Waals surface area contributed by atoms with E-state index in [1.807, 2.05) is 12.3 Å². The molecule has 0 unspecified atom stereocenters.